The molecule has 0 saturated heterocycles. The van der Waals surface area contributed by atoms with Gasteiger partial charge in [0.2, 0.25) is 5.89 Å². The van der Waals surface area contributed by atoms with E-state index in [0.29, 0.717) is 23.7 Å². The third-order valence-corrected chi connectivity index (χ3v) is 7.50. The molecule has 1 saturated carbocycles. The van der Waals surface area contributed by atoms with Crippen molar-refractivity contribution in [1.82, 2.24) is 34.2 Å². The first-order chi connectivity index (χ1) is 19.4. The number of nitrogens with zero attached hydrogens (tertiary/aromatic N) is 7. The van der Waals surface area contributed by atoms with Gasteiger partial charge in [-0.1, -0.05) is 6.07 Å². The lowest BCUT2D eigenvalue weighted by Gasteiger charge is -2.36. The third kappa shape index (κ3) is 5.10. The quantitative estimate of drug-likeness (QED) is 0.269. The molecule has 2 N–H and O–H groups in total. The van der Waals surface area contributed by atoms with E-state index in [1.807, 2.05) is 41.8 Å². The number of pyridine rings is 2. The number of fused-ring (bicyclic) bond motifs is 1. The maximum atomic E-state index is 13.4. The first-order valence-corrected chi connectivity index (χ1v) is 13.5. The Morgan fingerprint density at radius 2 is 1.95 bits per heavy atom. The van der Waals surface area contributed by atoms with Gasteiger partial charge >= 0.3 is 0 Å². The number of hydrogen-bond acceptors (Lipinski definition) is 9. The highest BCUT2D eigenvalue weighted by atomic mass is 16.3. The van der Waals surface area contributed by atoms with Crippen LogP contribution in [0.25, 0.3) is 28.5 Å². The van der Waals surface area contributed by atoms with Gasteiger partial charge in [0.1, 0.15) is 23.3 Å². The van der Waals surface area contributed by atoms with Gasteiger partial charge in [0.25, 0.3) is 0 Å². The van der Waals surface area contributed by atoms with Gasteiger partial charge in [-0.15, -0.1) is 0 Å². The number of oxazole rings is 1. The highest BCUT2D eigenvalue weighted by molar-refractivity contribution is 5.99. The minimum atomic E-state index is -0.188. The van der Waals surface area contributed by atoms with Crippen LogP contribution in [-0.2, 0) is 6.42 Å². The van der Waals surface area contributed by atoms with E-state index in [1.54, 1.807) is 6.20 Å². The zero-order valence-electron chi connectivity index (χ0n) is 22.9. The maximum absolute atomic E-state index is 13.4. The second kappa shape index (κ2) is 10.6. The third-order valence-electron chi connectivity index (χ3n) is 7.50. The lowest BCUT2D eigenvalue weighted by atomic mass is 9.73. The molecule has 0 amide bonds. The van der Waals surface area contributed by atoms with Gasteiger partial charge in [-0.3, -0.25) is 9.78 Å². The Labute approximate surface area is 232 Å². The van der Waals surface area contributed by atoms with Crippen molar-refractivity contribution in [3.8, 4) is 22.8 Å². The van der Waals surface area contributed by atoms with Gasteiger partial charge in [-0.25, -0.2) is 19.9 Å². The van der Waals surface area contributed by atoms with E-state index in [0.717, 1.165) is 53.6 Å². The molecule has 0 spiro atoms. The number of carbonyl (C=O) groups is 1. The Kier molecular flexibility index (Phi) is 6.85. The van der Waals surface area contributed by atoms with Crippen LogP contribution in [0.1, 0.15) is 52.8 Å². The second-order valence-electron chi connectivity index (χ2n) is 10.8. The van der Waals surface area contributed by atoms with E-state index in [2.05, 4.69) is 40.0 Å². The highest BCUT2D eigenvalue weighted by Crippen LogP contribution is 2.41. The van der Waals surface area contributed by atoms with E-state index >= 15 is 0 Å². The zero-order chi connectivity index (χ0) is 27.8. The fourth-order valence-corrected chi connectivity index (χ4v) is 5.45. The Morgan fingerprint density at radius 1 is 1.10 bits per heavy atom. The average molecular weight is 537 g/mol. The number of carbonyl (C=O) groups excluding carboxylic acids is 1. The molecule has 5 heterocycles. The topological polar surface area (TPSA) is 128 Å². The summed E-state index contributed by atoms with van der Waals surface area (Å²) >= 11 is 0. The van der Waals surface area contributed by atoms with E-state index in [-0.39, 0.29) is 29.6 Å². The van der Waals surface area contributed by atoms with Gasteiger partial charge in [-0.2, -0.15) is 0 Å². The van der Waals surface area contributed by atoms with Crippen molar-refractivity contribution in [3.63, 3.8) is 0 Å². The minimum Gasteiger partial charge on any atom is -0.443 e. The number of aryl methyl sites for hydroxylation is 2. The van der Waals surface area contributed by atoms with Crippen LogP contribution in [0.5, 0.6) is 0 Å². The molecule has 0 radical (unpaired) electrons. The van der Waals surface area contributed by atoms with Gasteiger partial charge in [-0.05, 0) is 70.5 Å². The van der Waals surface area contributed by atoms with Crippen LogP contribution in [0.15, 0.2) is 59.6 Å². The van der Waals surface area contributed by atoms with Gasteiger partial charge in [0.15, 0.2) is 17.3 Å². The summed E-state index contributed by atoms with van der Waals surface area (Å²) in [4.78, 5) is 38.4. The van der Waals surface area contributed by atoms with Crippen LogP contribution >= 0.6 is 0 Å². The van der Waals surface area contributed by atoms with Gasteiger partial charge in [0, 0.05) is 53.9 Å². The number of rotatable bonds is 9. The predicted octanol–water partition coefficient (Wildman–Crippen LogP) is 4.60. The highest BCUT2D eigenvalue weighted by Gasteiger charge is 2.31. The summed E-state index contributed by atoms with van der Waals surface area (Å²) in [6.07, 6.45) is 9.75. The van der Waals surface area contributed by atoms with Crippen molar-refractivity contribution in [1.29, 1.82) is 0 Å². The number of aromatic nitrogens is 6. The summed E-state index contributed by atoms with van der Waals surface area (Å²) in [5.74, 6) is 1.35. The molecule has 6 rings (SSSR count). The molecule has 1 fully saturated rings. The molecule has 0 atom stereocenters. The molecule has 1 aliphatic carbocycles. The average Bonchev–Trinajstić information content (AvgIpc) is 3.59. The molecular weight excluding hydrogens is 504 g/mol. The molecule has 5 aromatic rings. The van der Waals surface area contributed by atoms with E-state index in [1.165, 1.54) is 12.5 Å². The number of anilines is 1. The molecule has 10 nitrogen and oxygen atoms in total. The van der Waals surface area contributed by atoms with Crippen LogP contribution in [0.4, 0.5) is 5.82 Å². The van der Waals surface area contributed by atoms with E-state index < -0.39 is 0 Å². The normalized spacial score (nSPS) is 16.9. The molecule has 40 heavy (non-hydrogen) atoms. The largest absolute Gasteiger partial charge is 0.443 e. The lowest BCUT2D eigenvalue weighted by Crippen LogP contribution is -2.31. The summed E-state index contributed by atoms with van der Waals surface area (Å²) in [5, 5.41) is 0. The summed E-state index contributed by atoms with van der Waals surface area (Å²) in [6.45, 7) is 3.08. The second-order valence-corrected chi connectivity index (χ2v) is 10.8. The molecule has 1 aliphatic rings. The zero-order valence-corrected chi connectivity index (χ0v) is 22.9. The van der Waals surface area contributed by atoms with Crippen LogP contribution in [0.2, 0.25) is 0 Å². The number of imidazole rings is 1. The number of ketones is 1. The maximum Gasteiger partial charge on any atom is 0.247 e. The molecule has 0 aromatic carbocycles. The Balaban J connectivity index is 1.24. The van der Waals surface area contributed by atoms with Crippen molar-refractivity contribution in [3.05, 3.63) is 78.0 Å². The van der Waals surface area contributed by atoms with E-state index in [9.17, 15) is 4.79 Å². The lowest BCUT2D eigenvalue weighted by molar-refractivity contribution is 0.0978. The van der Waals surface area contributed by atoms with Gasteiger partial charge < -0.3 is 19.5 Å². The Bertz CT molecular complexity index is 1670. The van der Waals surface area contributed by atoms with E-state index in [4.69, 9.17) is 20.1 Å². The number of nitrogen functional groups attached to an aromatic ring is 1. The number of Topliss-reactive ketones (excluding diaryl/α,β-unsaturated/α-hetero) is 1. The Hall–Kier alpha value is -4.44. The fraction of sp³-hybridized carbons (Fsp3) is 0.333. The molecule has 204 valence electrons. The Morgan fingerprint density at radius 3 is 2.73 bits per heavy atom. The minimum absolute atomic E-state index is 0.0463. The molecular formula is C30H32N8O2. The number of nitrogens with two attached hydrogens (primary N) is 1. The smallest absolute Gasteiger partial charge is 0.247 e. The summed E-state index contributed by atoms with van der Waals surface area (Å²) < 4.78 is 7.48. The number of hydrogen-bond donors (Lipinski definition) is 1. The van der Waals surface area contributed by atoms with Crippen molar-refractivity contribution < 1.29 is 9.21 Å². The first kappa shape index (κ1) is 25.8. The SMILES string of the molecule is Cc1cnc2ccc(-c3nc(C(=O)CCc4cccc(C5CC(CN(C)C)C5)n4)c(N)nc3-c3ncco3)cn12. The van der Waals surface area contributed by atoms with Crippen LogP contribution < -0.4 is 5.73 Å². The van der Waals surface area contributed by atoms with Crippen molar-refractivity contribution in [2.75, 3.05) is 26.4 Å². The standard InChI is InChI=1S/C30H32N8O2/c1-18-15-33-25-10-7-20(17-38(18)25)26-28(30-32-11-12-40-30)36-29(31)27(35-26)24(39)9-8-22-5-4-6-23(34-22)21-13-19(14-21)16-37(2)3/h4-7,10-12,15,17,19,21H,8-9,13-14,16H2,1-3H3,(H2,31,36). The molecule has 0 bridgehead atoms. The first-order valence-electron chi connectivity index (χ1n) is 13.5. The van der Waals surface area contributed by atoms with Crippen LogP contribution in [0.3, 0.4) is 0 Å². The van der Waals surface area contributed by atoms with Crippen LogP contribution in [-0.4, -0.2) is 60.6 Å². The predicted molar refractivity (Wildman–Crippen MR) is 152 cm³/mol. The molecule has 5 aromatic heterocycles. The van der Waals surface area contributed by atoms with Crippen molar-refractivity contribution in [2.45, 2.75) is 38.5 Å². The molecule has 0 unspecified atom stereocenters. The van der Waals surface area contributed by atoms with Crippen molar-refractivity contribution >= 4 is 17.2 Å². The van der Waals surface area contributed by atoms with Gasteiger partial charge in [0.05, 0.1) is 6.20 Å². The summed E-state index contributed by atoms with van der Waals surface area (Å²) in [6, 6.07) is 9.89. The van der Waals surface area contributed by atoms with Crippen molar-refractivity contribution in [2.24, 2.45) is 5.92 Å². The monoisotopic (exact) mass is 536 g/mol. The van der Waals surface area contributed by atoms with Crippen LogP contribution in [0, 0.1) is 12.8 Å². The fourth-order valence-electron chi connectivity index (χ4n) is 5.45. The molecule has 0 aliphatic heterocycles. The summed E-state index contributed by atoms with van der Waals surface area (Å²) in [5.41, 5.74) is 11.8. The summed E-state index contributed by atoms with van der Waals surface area (Å²) in [7, 11) is 4.23. The molecule has 10 heteroatoms.